The van der Waals surface area contributed by atoms with Crippen LogP contribution in [0.4, 0.5) is 51.1 Å². The molecule has 11 aromatic rings. The van der Waals surface area contributed by atoms with Crippen LogP contribution in [0.25, 0.3) is 51.5 Å². The van der Waals surface area contributed by atoms with Gasteiger partial charge in [-0.05, 0) is 69.2 Å². The standard InChI is InChI=1S/C18H16F3N9.C18H17F3N6O.C11H5ClF3N5.C7H12N4/c19-18(20,21)14-9-30-13(6-24-16(30)7-23-14)17-22-4-3-15(27-17)28-5-1-2-12(8-28)29-10-25-26-11-29;19-18(20,21)14-11-27-13(8-24-16(27)9-23-14)17-22-5-3-15(25-17)26-6-1-2-12(10-26)4-7-28;12-8-1-2-16-10(19-8)6-3-18-9-4-17-7(5-20(6)9)11(13,14)15;1-2-7(4-8-3-1)11-5-9-10-6-11/h3-4,6-7,9-12H,1-2,5,8H2;3,5,7-9,11-12H,1-2,4,6,10H2;1-5H;5-8H,1-4H2. The van der Waals surface area contributed by atoms with Crippen molar-refractivity contribution in [1.82, 2.24) is 108 Å². The van der Waals surface area contributed by atoms with E-state index in [2.05, 4.69) is 99.9 Å². The molecule has 14 heterocycles. The molecule has 89 heavy (non-hydrogen) atoms. The van der Waals surface area contributed by atoms with Gasteiger partial charge in [-0.15, -0.1) is 20.4 Å². The van der Waals surface area contributed by atoms with Crippen LogP contribution in [0.5, 0.6) is 0 Å². The van der Waals surface area contributed by atoms with Crippen molar-refractivity contribution in [2.45, 2.75) is 75.6 Å². The number of carbonyl (C=O) groups is 1. The fourth-order valence-corrected chi connectivity index (χ4v) is 10.4. The average molecular weight is 1260 g/mol. The molecule has 3 fully saturated rings. The van der Waals surface area contributed by atoms with Crippen LogP contribution in [-0.2, 0) is 23.3 Å². The van der Waals surface area contributed by atoms with Gasteiger partial charge >= 0.3 is 18.5 Å². The second-order valence-corrected chi connectivity index (χ2v) is 20.9. The van der Waals surface area contributed by atoms with Gasteiger partial charge in [-0.25, -0.2) is 59.8 Å². The maximum absolute atomic E-state index is 13.1. The molecular formula is C54H50ClF9N24O. The lowest BCUT2D eigenvalue weighted by molar-refractivity contribution is -0.142. The SMILES string of the molecule is FC(F)(F)c1cn2c(-c3nccc(Cl)n3)cnc2cn1.FC(F)(F)c1cn2c(-c3nccc(N4CCCC(n5cnnc5)C4)n3)cnc2cn1.O=CCC1CCCN(c2ccnc(-c3cnc4cnc(C(F)(F)F)cn34)n2)C1.c1nncn1C1CCCNC1. The van der Waals surface area contributed by atoms with Gasteiger partial charge in [0.05, 0.1) is 43.2 Å². The summed E-state index contributed by atoms with van der Waals surface area (Å²) in [7, 11) is 0. The Hall–Kier alpha value is -9.73. The molecule has 35 heteroatoms. The maximum Gasteiger partial charge on any atom is 0.434 e. The Bertz CT molecular complexity index is 4150. The lowest BCUT2D eigenvalue weighted by Crippen LogP contribution is -2.36. The molecule has 0 amide bonds. The van der Waals surface area contributed by atoms with E-state index in [4.69, 9.17) is 11.6 Å². The van der Waals surface area contributed by atoms with Crippen LogP contribution in [-0.4, -0.2) is 148 Å². The molecular weight excluding hydrogens is 1210 g/mol. The van der Waals surface area contributed by atoms with Crippen LogP contribution in [0.15, 0.2) is 118 Å². The van der Waals surface area contributed by atoms with Crippen molar-refractivity contribution in [2.75, 3.05) is 49.1 Å². The smallest absolute Gasteiger partial charge is 0.356 e. The van der Waals surface area contributed by atoms with Gasteiger partial charge in [0.2, 0.25) is 0 Å². The third kappa shape index (κ3) is 14.5. The highest BCUT2D eigenvalue weighted by molar-refractivity contribution is 6.29. The zero-order chi connectivity index (χ0) is 62.3. The highest BCUT2D eigenvalue weighted by Gasteiger charge is 2.36. The van der Waals surface area contributed by atoms with Gasteiger partial charge in [0, 0.05) is 82.4 Å². The highest BCUT2D eigenvalue weighted by atomic mass is 35.5. The van der Waals surface area contributed by atoms with Crippen molar-refractivity contribution in [3.63, 3.8) is 0 Å². The number of anilines is 2. The van der Waals surface area contributed by atoms with E-state index < -0.39 is 35.6 Å². The minimum Gasteiger partial charge on any atom is -0.356 e. The molecule has 3 aliphatic rings. The number of hydrogen-bond donors (Lipinski definition) is 1. The van der Waals surface area contributed by atoms with E-state index in [1.165, 1.54) is 56.9 Å². The van der Waals surface area contributed by atoms with Gasteiger partial charge in [-0.1, -0.05) is 11.6 Å². The van der Waals surface area contributed by atoms with Crippen molar-refractivity contribution < 1.29 is 44.3 Å². The zero-order valence-electron chi connectivity index (χ0n) is 46.4. The van der Waals surface area contributed by atoms with Crippen molar-refractivity contribution >= 4 is 46.5 Å². The fourth-order valence-electron chi connectivity index (χ4n) is 10.3. The molecule has 0 radical (unpaired) electrons. The molecule has 3 saturated heterocycles. The summed E-state index contributed by atoms with van der Waals surface area (Å²) in [5.74, 6) is 2.43. The number of nitrogens with one attached hydrogen (secondary N) is 1. The average Bonchev–Trinajstić information content (AvgIpc) is 2.64. The lowest BCUT2D eigenvalue weighted by Gasteiger charge is -2.33. The number of nitrogens with zero attached hydrogens (tertiary/aromatic N) is 23. The second kappa shape index (κ2) is 26.3. The predicted molar refractivity (Wildman–Crippen MR) is 299 cm³/mol. The predicted octanol–water partition coefficient (Wildman–Crippen LogP) is 8.71. The fraction of sp³-hybridized carbons (Fsp3) is 0.352. The molecule has 0 spiro atoms. The largest absolute Gasteiger partial charge is 0.434 e. The van der Waals surface area contributed by atoms with Crippen LogP contribution in [0.3, 0.4) is 0 Å². The van der Waals surface area contributed by atoms with Crippen molar-refractivity contribution in [1.29, 1.82) is 0 Å². The van der Waals surface area contributed by atoms with Gasteiger partial charge in [0.25, 0.3) is 0 Å². The Morgan fingerprint density at radius 3 is 1.37 bits per heavy atom. The van der Waals surface area contributed by atoms with Gasteiger partial charge in [0.15, 0.2) is 51.5 Å². The monoisotopic (exact) mass is 1260 g/mol. The summed E-state index contributed by atoms with van der Waals surface area (Å²) < 4.78 is 124. The van der Waals surface area contributed by atoms with Crippen LogP contribution in [0, 0.1) is 5.92 Å². The summed E-state index contributed by atoms with van der Waals surface area (Å²) in [6, 6.07) is 5.82. The van der Waals surface area contributed by atoms with E-state index in [0.717, 1.165) is 102 Å². The number of rotatable bonds is 9. The molecule has 0 aliphatic carbocycles. The van der Waals surface area contributed by atoms with Crippen LogP contribution < -0.4 is 15.1 Å². The normalized spacial score (nSPS) is 17.3. The number of carbonyl (C=O) groups excluding carboxylic acids is 1. The second-order valence-electron chi connectivity index (χ2n) is 20.5. The van der Waals surface area contributed by atoms with Crippen molar-refractivity contribution in [3.8, 4) is 34.6 Å². The van der Waals surface area contributed by atoms with Gasteiger partial charge in [0.1, 0.15) is 65.5 Å². The highest BCUT2D eigenvalue weighted by Crippen LogP contribution is 2.33. The first kappa shape index (κ1) is 60.9. The number of alkyl halides is 9. The zero-order valence-corrected chi connectivity index (χ0v) is 47.2. The molecule has 3 atom stereocenters. The minimum absolute atomic E-state index is 0.185. The van der Waals surface area contributed by atoms with E-state index in [-0.39, 0.29) is 45.7 Å². The summed E-state index contributed by atoms with van der Waals surface area (Å²) in [4.78, 5) is 62.9. The van der Waals surface area contributed by atoms with Gasteiger partial charge < -0.3 is 29.0 Å². The summed E-state index contributed by atoms with van der Waals surface area (Å²) in [5.41, 5.74) is -1.18. The first-order valence-corrected chi connectivity index (χ1v) is 27.9. The quantitative estimate of drug-likeness (QED) is 0.0804. The van der Waals surface area contributed by atoms with Crippen LogP contribution in [0.1, 0.15) is 74.1 Å². The Balaban J connectivity index is 0.000000128. The number of fused-ring (bicyclic) bond motifs is 3. The number of halogens is 10. The van der Waals surface area contributed by atoms with Crippen molar-refractivity contribution in [2.24, 2.45) is 5.92 Å². The molecule has 462 valence electrons. The Morgan fingerprint density at radius 2 is 0.933 bits per heavy atom. The molecule has 14 rings (SSSR count). The molecule has 3 unspecified atom stereocenters. The molecule has 1 N–H and O–H groups in total. The van der Waals surface area contributed by atoms with Crippen molar-refractivity contribution in [3.05, 3.63) is 140 Å². The number of aromatic nitrogens is 21. The van der Waals surface area contributed by atoms with E-state index in [1.807, 2.05) is 4.57 Å². The van der Waals surface area contributed by atoms with E-state index in [1.54, 1.807) is 49.8 Å². The molecule has 3 aliphatic heterocycles. The summed E-state index contributed by atoms with van der Waals surface area (Å²) >= 11 is 5.74. The topological polar surface area (TPSA) is 265 Å². The summed E-state index contributed by atoms with van der Waals surface area (Å²) in [6.45, 7) is 5.27. The Labute approximate surface area is 502 Å². The molecule has 11 aromatic heterocycles. The molecule has 0 bridgehead atoms. The summed E-state index contributed by atoms with van der Waals surface area (Å²) in [5, 5.41) is 18.8. The molecule has 0 aromatic carbocycles. The van der Waals surface area contributed by atoms with Crippen LogP contribution in [0.2, 0.25) is 5.15 Å². The van der Waals surface area contributed by atoms with E-state index in [9.17, 15) is 44.3 Å². The third-order valence-corrected chi connectivity index (χ3v) is 14.8. The first-order valence-electron chi connectivity index (χ1n) is 27.6. The van der Waals surface area contributed by atoms with Gasteiger partial charge in [-0.2, -0.15) is 39.5 Å². The Morgan fingerprint density at radius 1 is 0.506 bits per heavy atom. The van der Waals surface area contributed by atoms with Gasteiger partial charge in [-0.3, -0.25) is 13.2 Å². The minimum atomic E-state index is -4.56. The number of imidazole rings is 3. The maximum atomic E-state index is 13.1. The third-order valence-electron chi connectivity index (χ3n) is 14.6. The van der Waals surface area contributed by atoms with E-state index in [0.29, 0.717) is 53.5 Å². The van der Waals surface area contributed by atoms with Crippen LogP contribution >= 0.6 is 11.6 Å². The summed E-state index contributed by atoms with van der Waals surface area (Å²) in [6.07, 6.45) is 15.9. The first-order chi connectivity index (χ1) is 42.9. The lowest BCUT2D eigenvalue weighted by atomic mass is 9.95. The van der Waals surface area contributed by atoms with E-state index >= 15 is 0 Å². The number of hydrogen-bond acceptors (Lipinski definition) is 20. The molecule has 0 saturated carbocycles. The number of piperidine rings is 3. The Kier molecular flexibility index (Phi) is 18.0. The number of aldehydes is 1. The molecule has 25 nitrogen and oxygen atoms in total.